The Morgan fingerprint density at radius 1 is 1.10 bits per heavy atom. The third-order valence-corrected chi connectivity index (χ3v) is 4.63. The number of furan rings is 1. The van der Waals surface area contributed by atoms with Gasteiger partial charge in [-0.2, -0.15) is 0 Å². The van der Waals surface area contributed by atoms with E-state index in [2.05, 4.69) is 20.9 Å². The van der Waals surface area contributed by atoms with Gasteiger partial charge in [-0.15, -0.1) is 24.0 Å². The van der Waals surface area contributed by atoms with Crippen LogP contribution in [0.2, 0.25) is 0 Å². The van der Waals surface area contributed by atoms with E-state index in [1.807, 2.05) is 37.3 Å². The normalized spacial score (nSPS) is 10.9. The van der Waals surface area contributed by atoms with Gasteiger partial charge in [0.05, 0.1) is 6.26 Å². The number of hydrogen-bond donors (Lipinski definition) is 3. The molecule has 0 aliphatic rings. The molecule has 0 unspecified atom stereocenters. The summed E-state index contributed by atoms with van der Waals surface area (Å²) < 4.78 is 18.3. The highest BCUT2D eigenvalue weighted by atomic mass is 127. The summed E-state index contributed by atoms with van der Waals surface area (Å²) in [6.07, 6.45) is 2.24. The Kier molecular flexibility index (Phi) is 9.51. The van der Waals surface area contributed by atoms with Crippen LogP contribution in [0.1, 0.15) is 27.2 Å². The van der Waals surface area contributed by atoms with Gasteiger partial charge in [-0.05, 0) is 66.4 Å². The average molecular weight is 536 g/mol. The molecular weight excluding hydrogens is 510 g/mol. The van der Waals surface area contributed by atoms with Gasteiger partial charge in [-0.3, -0.25) is 9.79 Å². The van der Waals surface area contributed by atoms with Crippen molar-refractivity contribution in [3.8, 4) is 0 Å². The molecule has 0 atom stereocenters. The molecule has 1 aromatic heterocycles. The lowest BCUT2D eigenvalue weighted by atomic mass is 10.1. The molecule has 1 heterocycles. The zero-order valence-corrected chi connectivity index (χ0v) is 19.8. The van der Waals surface area contributed by atoms with E-state index in [0.717, 1.165) is 23.1 Å². The predicted octanol–water partition coefficient (Wildman–Crippen LogP) is 4.51. The van der Waals surface area contributed by atoms with Crippen LogP contribution < -0.4 is 16.0 Å². The predicted molar refractivity (Wildman–Crippen MR) is 132 cm³/mol. The zero-order valence-electron chi connectivity index (χ0n) is 17.4. The minimum Gasteiger partial charge on any atom is -0.459 e. The lowest BCUT2D eigenvalue weighted by Crippen LogP contribution is -2.37. The fraction of sp³-hybridized carbons (Fsp3) is 0.217. The number of rotatable bonds is 7. The quantitative estimate of drug-likeness (QED) is 0.236. The molecule has 0 saturated carbocycles. The number of carbonyl (C=O) groups is 1. The Labute approximate surface area is 198 Å². The number of nitrogens with one attached hydrogen (secondary N) is 3. The van der Waals surface area contributed by atoms with Crippen LogP contribution in [0.15, 0.2) is 70.3 Å². The number of amides is 1. The van der Waals surface area contributed by atoms with Gasteiger partial charge in [0.15, 0.2) is 11.7 Å². The Hall–Kier alpha value is -2.88. The number of anilines is 1. The number of nitrogens with zero attached hydrogens (tertiary/aromatic N) is 1. The van der Waals surface area contributed by atoms with Crippen molar-refractivity contribution in [1.82, 2.24) is 10.6 Å². The average Bonchev–Trinajstić information content (AvgIpc) is 3.28. The lowest BCUT2D eigenvalue weighted by Gasteiger charge is -2.13. The second-order valence-corrected chi connectivity index (χ2v) is 6.80. The Bertz CT molecular complexity index is 1000. The van der Waals surface area contributed by atoms with Gasteiger partial charge < -0.3 is 20.4 Å². The van der Waals surface area contributed by atoms with Crippen molar-refractivity contribution < 1.29 is 13.6 Å². The van der Waals surface area contributed by atoms with Crippen LogP contribution in [0, 0.1) is 12.7 Å². The number of hydrogen-bond acceptors (Lipinski definition) is 3. The first-order valence-electron chi connectivity index (χ1n) is 9.68. The molecule has 31 heavy (non-hydrogen) atoms. The van der Waals surface area contributed by atoms with Crippen molar-refractivity contribution in [2.75, 3.05) is 18.9 Å². The van der Waals surface area contributed by atoms with Gasteiger partial charge in [-0.25, -0.2) is 4.39 Å². The van der Waals surface area contributed by atoms with E-state index in [4.69, 9.17) is 4.42 Å². The van der Waals surface area contributed by atoms with E-state index < -0.39 is 0 Å². The summed E-state index contributed by atoms with van der Waals surface area (Å²) in [6.45, 7) is 3.18. The summed E-state index contributed by atoms with van der Waals surface area (Å²) in [7, 11) is 1.71. The van der Waals surface area contributed by atoms with Gasteiger partial charge in [-0.1, -0.05) is 18.2 Å². The molecule has 0 saturated heterocycles. The molecule has 0 aliphatic carbocycles. The van der Waals surface area contributed by atoms with E-state index in [1.165, 1.54) is 12.3 Å². The monoisotopic (exact) mass is 536 g/mol. The minimum atomic E-state index is -0.285. The molecule has 1 amide bonds. The van der Waals surface area contributed by atoms with Gasteiger partial charge in [0, 0.05) is 25.8 Å². The SMILES string of the molecule is CN=C(NCCc1ccc(F)cc1C)NCc1ccc(NC(=O)c2ccco2)cc1.I. The number of guanidine groups is 1. The highest BCUT2D eigenvalue weighted by Crippen LogP contribution is 2.12. The maximum Gasteiger partial charge on any atom is 0.291 e. The van der Waals surface area contributed by atoms with Gasteiger partial charge in [0.1, 0.15) is 5.82 Å². The summed E-state index contributed by atoms with van der Waals surface area (Å²) >= 11 is 0. The van der Waals surface area contributed by atoms with Crippen LogP contribution in [0.5, 0.6) is 0 Å². The molecule has 8 heteroatoms. The second kappa shape index (κ2) is 12.1. The van der Waals surface area contributed by atoms with Crippen LogP contribution in [-0.2, 0) is 13.0 Å². The van der Waals surface area contributed by atoms with Crippen molar-refractivity contribution in [1.29, 1.82) is 0 Å². The molecule has 2 aromatic carbocycles. The summed E-state index contributed by atoms with van der Waals surface area (Å²) in [4.78, 5) is 16.2. The molecule has 6 nitrogen and oxygen atoms in total. The molecular formula is C23H26FIN4O2. The van der Waals surface area contributed by atoms with Gasteiger partial charge in [0.25, 0.3) is 5.91 Å². The first-order valence-corrected chi connectivity index (χ1v) is 9.68. The van der Waals surface area contributed by atoms with Crippen LogP contribution >= 0.6 is 24.0 Å². The van der Waals surface area contributed by atoms with E-state index in [0.29, 0.717) is 24.7 Å². The first-order chi connectivity index (χ1) is 14.5. The Morgan fingerprint density at radius 3 is 2.52 bits per heavy atom. The fourth-order valence-electron chi connectivity index (χ4n) is 2.97. The maximum absolute atomic E-state index is 13.2. The second-order valence-electron chi connectivity index (χ2n) is 6.80. The Balaban J connectivity index is 0.00000341. The van der Waals surface area contributed by atoms with Crippen LogP contribution in [-0.4, -0.2) is 25.5 Å². The van der Waals surface area contributed by atoms with Crippen molar-refractivity contribution in [2.45, 2.75) is 19.9 Å². The molecule has 164 valence electrons. The van der Waals surface area contributed by atoms with E-state index >= 15 is 0 Å². The topological polar surface area (TPSA) is 78.7 Å². The van der Waals surface area contributed by atoms with E-state index in [9.17, 15) is 9.18 Å². The third-order valence-electron chi connectivity index (χ3n) is 4.63. The zero-order chi connectivity index (χ0) is 21.3. The highest BCUT2D eigenvalue weighted by Gasteiger charge is 2.08. The molecule has 3 aromatic rings. The molecule has 3 N–H and O–H groups in total. The molecule has 0 fully saturated rings. The summed E-state index contributed by atoms with van der Waals surface area (Å²) in [6, 6.07) is 15.7. The maximum atomic E-state index is 13.2. The number of aryl methyl sites for hydroxylation is 1. The third kappa shape index (κ3) is 7.39. The van der Waals surface area contributed by atoms with Gasteiger partial charge >= 0.3 is 0 Å². The standard InChI is InChI=1S/C23H25FN4O2.HI/c1-16-14-19(24)8-7-18(16)11-12-26-23(25-2)27-15-17-5-9-20(10-6-17)28-22(29)21-4-3-13-30-21;/h3-10,13-14H,11-12,15H2,1-2H3,(H,28,29)(H2,25,26,27);1H. The van der Waals surface area contributed by atoms with Crippen LogP contribution in [0.25, 0.3) is 0 Å². The van der Waals surface area contributed by atoms with Crippen LogP contribution in [0.4, 0.5) is 10.1 Å². The van der Waals surface area contributed by atoms with Gasteiger partial charge in [0.2, 0.25) is 0 Å². The highest BCUT2D eigenvalue weighted by molar-refractivity contribution is 14.0. The number of aliphatic imine (C=N–C) groups is 1. The minimum absolute atomic E-state index is 0. The number of carbonyl (C=O) groups excluding carboxylic acids is 1. The van der Waals surface area contributed by atoms with E-state index in [1.54, 1.807) is 25.2 Å². The molecule has 0 aliphatic heterocycles. The largest absolute Gasteiger partial charge is 0.459 e. The van der Waals surface area contributed by atoms with Crippen molar-refractivity contribution >= 4 is 41.5 Å². The molecule has 3 rings (SSSR count). The summed E-state index contributed by atoms with van der Waals surface area (Å²) in [5.41, 5.74) is 3.78. The fourth-order valence-corrected chi connectivity index (χ4v) is 2.97. The molecule has 0 radical (unpaired) electrons. The number of halogens is 2. The van der Waals surface area contributed by atoms with Crippen molar-refractivity contribution in [2.24, 2.45) is 4.99 Å². The number of benzene rings is 2. The smallest absolute Gasteiger partial charge is 0.291 e. The Morgan fingerprint density at radius 2 is 1.87 bits per heavy atom. The first kappa shape index (κ1) is 24.4. The van der Waals surface area contributed by atoms with E-state index in [-0.39, 0.29) is 41.5 Å². The lowest BCUT2D eigenvalue weighted by molar-refractivity contribution is 0.0996. The van der Waals surface area contributed by atoms with Crippen molar-refractivity contribution in [3.63, 3.8) is 0 Å². The van der Waals surface area contributed by atoms with Crippen LogP contribution in [0.3, 0.4) is 0 Å². The summed E-state index contributed by atoms with van der Waals surface area (Å²) in [5, 5.41) is 9.30. The van der Waals surface area contributed by atoms with Crippen molar-refractivity contribution in [3.05, 3.63) is 89.1 Å². The summed E-state index contributed by atoms with van der Waals surface area (Å²) in [5.74, 6) is 0.455. The molecule has 0 bridgehead atoms. The molecule has 0 spiro atoms.